The third kappa shape index (κ3) is 3.83. The van der Waals surface area contributed by atoms with Crippen molar-refractivity contribution in [3.05, 3.63) is 23.8 Å². The largest absolute Gasteiger partial charge is 0.497 e. The van der Waals surface area contributed by atoms with Crippen molar-refractivity contribution < 1.29 is 14.3 Å². The molecule has 1 aromatic rings. The average Bonchev–Trinajstić information content (AvgIpc) is 3.26. The van der Waals surface area contributed by atoms with Gasteiger partial charge >= 0.3 is 0 Å². The van der Waals surface area contributed by atoms with Gasteiger partial charge in [0.25, 0.3) is 0 Å². The van der Waals surface area contributed by atoms with Crippen molar-refractivity contribution in [3.63, 3.8) is 0 Å². The van der Waals surface area contributed by atoms with E-state index in [2.05, 4.69) is 10.2 Å². The molecular weight excluding hydrogens is 304 g/mol. The van der Waals surface area contributed by atoms with Crippen LogP contribution in [0.4, 0.5) is 0 Å². The van der Waals surface area contributed by atoms with Gasteiger partial charge in [0.05, 0.1) is 20.8 Å². The minimum atomic E-state index is 0.149. The minimum absolute atomic E-state index is 0.149. The lowest BCUT2D eigenvalue weighted by Crippen LogP contribution is -2.41. The Kier molecular flexibility index (Phi) is 5.61. The third-order valence-electron chi connectivity index (χ3n) is 5.23. The Morgan fingerprint density at radius 2 is 1.96 bits per heavy atom. The second-order valence-electron chi connectivity index (χ2n) is 6.79. The maximum atomic E-state index is 12.4. The number of methoxy groups -OCH3 is 2. The van der Waals surface area contributed by atoms with E-state index < -0.39 is 0 Å². The summed E-state index contributed by atoms with van der Waals surface area (Å²) in [7, 11) is 3.37. The molecule has 3 rings (SSSR count). The van der Waals surface area contributed by atoms with E-state index in [1.54, 1.807) is 14.2 Å². The number of nitrogens with zero attached hydrogens (tertiary/aromatic N) is 1. The summed E-state index contributed by atoms with van der Waals surface area (Å²) in [5.74, 6) is 1.84. The van der Waals surface area contributed by atoms with Crippen LogP contribution < -0.4 is 14.8 Å². The summed E-state index contributed by atoms with van der Waals surface area (Å²) in [5.41, 5.74) is 1.11. The Morgan fingerprint density at radius 3 is 2.67 bits per heavy atom. The van der Waals surface area contributed by atoms with Gasteiger partial charge in [-0.3, -0.25) is 9.69 Å². The predicted molar refractivity (Wildman–Crippen MR) is 93.5 cm³/mol. The number of amides is 1. The van der Waals surface area contributed by atoms with Crippen LogP contribution in [0.3, 0.4) is 0 Å². The van der Waals surface area contributed by atoms with E-state index in [1.807, 2.05) is 18.2 Å². The Morgan fingerprint density at radius 1 is 1.17 bits per heavy atom. The van der Waals surface area contributed by atoms with Crippen LogP contribution in [0.15, 0.2) is 18.2 Å². The van der Waals surface area contributed by atoms with Gasteiger partial charge in [0.2, 0.25) is 5.91 Å². The second-order valence-corrected chi connectivity index (χ2v) is 6.79. The van der Waals surface area contributed by atoms with Gasteiger partial charge in [0, 0.05) is 17.6 Å². The lowest BCUT2D eigenvalue weighted by atomic mass is 10.0. The molecule has 5 heteroatoms. The number of ether oxygens (including phenoxy) is 2. The van der Waals surface area contributed by atoms with E-state index in [-0.39, 0.29) is 11.9 Å². The molecule has 0 bridgehead atoms. The van der Waals surface area contributed by atoms with Gasteiger partial charge < -0.3 is 14.8 Å². The smallest absolute Gasteiger partial charge is 0.234 e. The molecule has 2 aliphatic rings. The lowest BCUT2D eigenvalue weighted by molar-refractivity contribution is -0.123. The van der Waals surface area contributed by atoms with Crippen LogP contribution in [-0.4, -0.2) is 44.2 Å². The maximum Gasteiger partial charge on any atom is 0.234 e. The fourth-order valence-electron chi connectivity index (χ4n) is 4.00. The molecule has 0 spiro atoms. The summed E-state index contributed by atoms with van der Waals surface area (Å²) >= 11 is 0. The molecule has 1 aliphatic heterocycles. The average molecular weight is 332 g/mol. The molecule has 1 saturated carbocycles. The van der Waals surface area contributed by atoms with Crippen LogP contribution in [-0.2, 0) is 4.79 Å². The molecule has 5 nitrogen and oxygen atoms in total. The molecule has 0 aromatic heterocycles. The predicted octanol–water partition coefficient (Wildman–Crippen LogP) is 2.90. The first-order valence-electron chi connectivity index (χ1n) is 8.96. The molecule has 1 N–H and O–H groups in total. The van der Waals surface area contributed by atoms with Crippen molar-refractivity contribution in [2.45, 2.75) is 50.6 Å². The standard InChI is InChI=1S/C19H28N2O3/c1-23-15-9-10-18(24-2)16(12-15)17-8-5-11-21(17)13-19(22)20-14-6-3-4-7-14/h9-10,12,14,17H,3-8,11,13H2,1-2H3,(H,20,22). The molecule has 132 valence electrons. The highest BCUT2D eigenvalue weighted by atomic mass is 16.5. The van der Waals surface area contributed by atoms with Gasteiger partial charge in [-0.1, -0.05) is 12.8 Å². The topological polar surface area (TPSA) is 50.8 Å². The van der Waals surface area contributed by atoms with Gasteiger partial charge in [-0.2, -0.15) is 0 Å². The van der Waals surface area contributed by atoms with Crippen LogP contribution in [0, 0.1) is 0 Å². The molecule has 2 fully saturated rings. The molecule has 1 heterocycles. The SMILES string of the molecule is COc1ccc(OC)c(C2CCCN2CC(=O)NC2CCCC2)c1. The fraction of sp³-hybridized carbons (Fsp3) is 0.632. The van der Waals surface area contributed by atoms with E-state index >= 15 is 0 Å². The van der Waals surface area contributed by atoms with Crippen LogP contribution >= 0.6 is 0 Å². The van der Waals surface area contributed by atoms with E-state index in [0.29, 0.717) is 12.6 Å². The third-order valence-corrected chi connectivity index (χ3v) is 5.23. The van der Waals surface area contributed by atoms with E-state index in [0.717, 1.165) is 49.3 Å². The number of hydrogen-bond acceptors (Lipinski definition) is 4. The summed E-state index contributed by atoms with van der Waals surface area (Å²) in [6, 6.07) is 6.49. The van der Waals surface area contributed by atoms with Crippen LogP contribution in [0.2, 0.25) is 0 Å². The molecule has 1 aliphatic carbocycles. The molecule has 0 radical (unpaired) electrons. The Bertz CT molecular complexity index is 570. The number of likely N-dealkylation sites (tertiary alicyclic amines) is 1. The normalized spacial score (nSPS) is 21.8. The van der Waals surface area contributed by atoms with Gasteiger partial charge in [0.15, 0.2) is 0 Å². The van der Waals surface area contributed by atoms with E-state index in [4.69, 9.17) is 9.47 Å². The molecule has 1 unspecified atom stereocenters. The Hall–Kier alpha value is -1.75. The first-order valence-corrected chi connectivity index (χ1v) is 8.96. The highest BCUT2D eigenvalue weighted by Crippen LogP contribution is 2.38. The maximum absolute atomic E-state index is 12.4. The molecule has 1 saturated heterocycles. The van der Waals surface area contributed by atoms with Gasteiger partial charge in [-0.05, 0) is 50.4 Å². The van der Waals surface area contributed by atoms with Gasteiger partial charge in [-0.25, -0.2) is 0 Å². The number of nitrogens with one attached hydrogen (secondary N) is 1. The highest BCUT2D eigenvalue weighted by Gasteiger charge is 2.30. The van der Waals surface area contributed by atoms with Crippen LogP contribution in [0.1, 0.15) is 50.1 Å². The molecule has 1 amide bonds. The number of carbonyl (C=O) groups is 1. The van der Waals surface area contributed by atoms with Gasteiger partial charge in [0.1, 0.15) is 11.5 Å². The summed E-state index contributed by atoms with van der Waals surface area (Å²) in [5, 5.41) is 3.19. The molecular formula is C19H28N2O3. The Balaban J connectivity index is 1.69. The molecule has 24 heavy (non-hydrogen) atoms. The summed E-state index contributed by atoms with van der Waals surface area (Å²) in [6.07, 6.45) is 6.86. The number of hydrogen-bond donors (Lipinski definition) is 1. The van der Waals surface area contributed by atoms with E-state index in [9.17, 15) is 4.79 Å². The zero-order chi connectivity index (χ0) is 16.9. The van der Waals surface area contributed by atoms with Crippen LogP contribution in [0.5, 0.6) is 11.5 Å². The van der Waals surface area contributed by atoms with Crippen molar-refractivity contribution in [1.82, 2.24) is 10.2 Å². The van der Waals surface area contributed by atoms with Crippen molar-refractivity contribution in [3.8, 4) is 11.5 Å². The molecule has 1 atom stereocenters. The summed E-state index contributed by atoms with van der Waals surface area (Å²) < 4.78 is 10.9. The highest BCUT2D eigenvalue weighted by molar-refractivity contribution is 5.78. The molecule has 1 aromatic carbocycles. The quantitative estimate of drug-likeness (QED) is 0.870. The lowest BCUT2D eigenvalue weighted by Gasteiger charge is -2.26. The van der Waals surface area contributed by atoms with Crippen molar-refractivity contribution in [1.29, 1.82) is 0 Å². The fourth-order valence-corrected chi connectivity index (χ4v) is 4.00. The zero-order valence-corrected chi connectivity index (χ0v) is 14.7. The van der Waals surface area contributed by atoms with Crippen molar-refractivity contribution in [2.75, 3.05) is 27.3 Å². The monoisotopic (exact) mass is 332 g/mol. The van der Waals surface area contributed by atoms with E-state index in [1.165, 1.54) is 12.8 Å². The second kappa shape index (κ2) is 7.88. The minimum Gasteiger partial charge on any atom is -0.497 e. The zero-order valence-electron chi connectivity index (χ0n) is 14.7. The first-order chi connectivity index (χ1) is 11.7. The number of carbonyl (C=O) groups excluding carboxylic acids is 1. The Labute approximate surface area is 144 Å². The first kappa shape index (κ1) is 17.1. The van der Waals surface area contributed by atoms with Gasteiger partial charge in [-0.15, -0.1) is 0 Å². The number of benzene rings is 1. The summed E-state index contributed by atoms with van der Waals surface area (Å²) in [4.78, 5) is 14.7. The van der Waals surface area contributed by atoms with Crippen molar-refractivity contribution >= 4 is 5.91 Å². The van der Waals surface area contributed by atoms with Crippen molar-refractivity contribution in [2.24, 2.45) is 0 Å². The van der Waals surface area contributed by atoms with Crippen LogP contribution in [0.25, 0.3) is 0 Å². The number of rotatable bonds is 6. The summed E-state index contributed by atoms with van der Waals surface area (Å²) in [6.45, 7) is 1.41.